The van der Waals surface area contributed by atoms with Crippen LogP contribution in [0, 0.1) is 24.0 Å². The van der Waals surface area contributed by atoms with Crippen molar-refractivity contribution in [2.75, 3.05) is 31.1 Å². The molecule has 0 spiro atoms. The van der Waals surface area contributed by atoms with Gasteiger partial charge in [0.25, 0.3) is 0 Å². The van der Waals surface area contributed by atoms with Crippen LogP contribution < -0.4 is 9.64 Å². The number of pyridine rings is 1. The number of nitrogens with zero attached hydrogens (tertiary/aromatic N) is 6. The third kappa shape index (κ3) is 6.16. The van der Waals surface area contributed by atoms with Crippen LogP contribution in [0.4, 0.5) is 32.6 Å². The number of halogens is 5. The highest BCUT2D eigenvalue weighted by atomic mass is 19.4. The Hall–Kier alpha value is -4.81. The van der Waals surface area contributed by atoms with Crippen LogP contribution in [0.3, 0.4) is 0 Å². The maximum absolute atomic E-state index is 17.4. The summed E-state index contributed by atoms with van der Waals surface area (Å²) in [7, 11) is 0. The molecule has 9 rings (SSSR count). The van der Waals surface area contributed by atoms with Crippen molar-refractivity contribution in [3.05, 3.63) is 53.2 Å². The maximum Gasteiger partial charge on any atom is 0.522 e. The number of fused-ring (bicyclic) bond motifs is 7. The molecule has 4 aromatic rings. The number of rotatable bonds is 5. The first kappa shape index (κ1) is 36.8. The van der Waals surface area contributed by atoms with Gasteiger partial charge in [-0.25, -0.2) is 18.6 Å². The van der Waals surface area contributed by atoms with Crippen molar-refractivity contribution < 1.29 is 41.0 Å². The number of terminal acetylenes is 1. The van der Waals surface area contributed by atoms with Crippen LogP contribution in [0.5, 0.6) is 6.01 Å². The summed E-state index contributed by atoms with van der Waals surface area (Å²) in [4.78, 5) is 34.0. The Bertz CT molecular complexity index is 2310. The third-order valence-corrected chi connectivity index (χ3v) is 12.1. The summed E-state index contributed by atoms with van der Waals surface area (Å²) in [5, 5.41) is 1.36. The molecule has 10 nitrogen and oxygen atoms in total. The second kappa shape index (κ2) is 13.1. The molecule has 2 aromatic heterocycles. The number of carbonyl (C=O) groups is 1. The highest BCUT2D eigenvalue weighted by Crippen LogP contribution is 2.46. The standard InChI is InChI=1S/C41H41F5N6O4/c1-5-25-27(42)12-10-22-8-6-9-26(31(22)25)34-33(43)35-32-28(47-34)13-15-29-30-14-11-23(52(30)38(53)56-39(2,3)4)19-51(29)36(32)49-37(48-35)54-21-40-16-7-17-50(40)20-24(18-40)55-41(44,45)46/h1,6,8-10,12,23-24,29-30H,7,11,13-21H2,2-4H3/t23-,24+,29-,30+,40+/m1/s1. The molecule has 0 unspecified atom stereocenters. The number of hydrogen-bond donors (Lipinski definition) is 0. The van der Waals surface area contributed by atoms with Crippen molar-refractivity contribution in [2.24, 2.45) is 0 Å². The molecule has 0 N–H and O–H groups in total. The largest absolute Gasteiger partial charge is 0.522 e. The molecule has 15 heteroatoms. The number of ether oxygens (including phenoxy) is 3. The lowest BCUT2D eigenvalue weighted by molar-refractivity contribution is -0.340. The molecule has 5 atom stereocenters. The normalized spacial score (nSPS) is 26.0. The minimum absolute atomic E-state index is 0.0159. The van der Waals surface area contributed by atoms with Crippen molar-refractivity contribution in [3.63, 3.8) is 0 Å². The zero-order valence-corrected chi connectivity index (χ0v) is 31.3. The highest BCUT2D eigenvalue weighted by Gasteiger charge is 2.53. The van der Waals surface area contributed by atoms with E-state index in [-0.39, 0.29) is 66.6 Å². The van der Waals surface area contributed by atoms with E-state index in [1.807, 2.05) is 30.6 Å². The lowest BCUT2D eigenvalue weighted by atomic mass is 9.94. The van der Waals surface area contributed by atoms with Gasteiger partial charge in [-0.3, -0.25) is 14.5 Å². The summed E-state index contributed by atoms with van der Waals surface area (Å²) in [6.07, 6.45) is 3.49. The number of anilines is 1. The molecule has 0 saturated carbocycles. The number of alkyl halides is 3. The van der Waals surface area contributed by atoms with E-state index in [4.69, 9.17) is 25.9 Å². The van der Waals surface area contributed by atoms with Crippen LogP contribution in [0.1, 0.15) is 70.6 Å². The minimum Gasteiger partial charge on any atom is -0.461 e. The molecule has 1 amide bonds. The molecule has 5 aliphatic heterocycles. The quantitative estimate of drug-likeness (QED) is 0.151. The van der Waals surface area contributed by atoms with Gasteiger partial charge in [0.2, 0.25) is 0 Å². The maximum atomic E-state index is 17.4. The number of benzene rings is 2. The fourth-order valence-electron chi connectivity index (χ4n) is 9.98. The number of aryl methyl sites for hydroxylation is 1. The highest BCUT2D eigenvalue weighted by molar-refractivity contribution is 6.03. The van der Waals surface area contributed by atoms with Gasteiger partial charge in [0.1, 0.15) is 35.1 Å². The van der Waals surface area contributed by atoms with Crippen LogP contribution in [-0.2, 0) is 15.9 Å². The van der Waals surface area contributed by atoms with Crippen molar-refractivity contribution in [1.29, 1.82) is 0 Å². The predicted molar refractivity (Wildman–Crippen MR) is 197 cm³/mol. The number of carbonyl (C=O) groups excluding carboxylic acids is 1. The first-order valence-electron chi connectivity index (χ1n) is 19.1. The summed E-state index contributed by atoms with van der Waals surface area (Å²) in [6, 6.07) is 7.23. The van der Waals surface area contributed by atoms with E-state index >= 15 is 8.78 Å². The molecule has 56 heavy (non-hydrogen) atoms. The monoisotopic (exact) mass is 776 g/mol. The van der Waals surface area contributed by atoms with Crippen LogP contribution in [0.15, 0.2) is 30.3 Å². The van der Waals surface area contributed by atoms with Crippen LogP contribution >= 0.6 is 0 Å². The molecule has 294 valence electrons. The molecule has 2 bridgehead atoms. The van der Waals surface area contributed by atoms with E-state index in [9.17, 15) is 18.0 Å². The Morgan fingerprint density at radius 2 is 1.84 bits per heavy atom. The Morgan fingerprint density at radius 3 is 2.61 bits per heavy atom. The molecular weight excluding hydrogens is 735 g/mol. The van der Waals surface area contributed by atoms with Crippen LogP contribution in [-0.4, -0.2) is 98.8 Å². The number of amides is 1. The molecule has 4 saturated heterocycles. The fourth-order valence-corrected chi connectivity index (χ4v) is 9.98. The second-order valence-corrected chi connectivity index (χ2v) is 16.6. The zero-order valence-electron chi connectivity index (χ0n) is 31.3. The lowest BCUT2D eigenvalue weighted by Crippen LogP contribution is -2.62. The van der Waals surface area contributed by atoms with Gasteiger partial charge in [-0.1, -0.05) is 30.2 Å². The average Bonchev–Trinajstić information content (AvgIpc) is 3.74. The van der Waals surface area contributed by atoms with E-state index in [2.05, 4.69) is 20.5 Å². The van der Waals surface area contributed by atoms with Gasteiger partial charge >= 0.3 is 18.5 Å². The van der Waals surface area contributed by atoms with Gasteiger partial charge in [0.15, 0.2) is 5.82 Å². The van der Waals surface area contributed by atoms with Gasteiger partial charge in [-0.2, -0.15) is 9.97 Å². The van der Waals surface area contributed by atoms with Crippen LogP contribution in [0.2, 0.25) is 0 Å². The Kier molecular flexibility index (Phi) is 8.63. The van der Waals surface area contributed by atoms with Gasteiger partial charge in [-0.15, -0.1) is 19.6 Å². The summed E-state index contributed by atoms with van der Waals surface area (Å²) in [5.74, 6) is 1.45. The average molecular weight is 777 g/mol. The van der Waals surface area contributed by atoms with Crippen LogP contribution in [0.25, 0.3) is 32.9 Å². The summed E-state index contributed by atoms with van der Waals surface area (Å²) < 4.78 is 88.8. The Labute approximate surface area is 320 Å². The molecule has 2 aromatic carbocycles. The summed E-state index contributed by atoms with van der Waals surface area (Å²) >= 11 is 0. The Morgan fingerprint density at radius 1 is 1.02 bits per heavy atom. The van der Waals surface area contributed by atoms with E-state index in [1.165, 1.54) is 6.07 Å². The van der Waals surface area contributed by atoms with E-state index in [0.717, 1.165) is 19.3 Å². The first-order chi connectivity index (χ1) is 26.6. The van der Waals surface area contributed by atoms with Gasteiger partial charge in [0, 0.05) is 24.0 Å². The molecule has 0 aliphatic carbocycles. The molecular formula is C41H41F5N6O4. The van der Waals surface area contributed by atoms with Crippen molar-refractivity contribution in [1.82, 2.24) is 24.8 Å². The van der Waals surface area contributed by atoms with Crippen molar-refractivity contribution >= 4 is 33.6 Å². The van der Waals surface area contributed by atoms with Crippen molar-refractivity contribution in [3.8, 4) is 29.6 Å². The topological polar surface area (TPSA) is 93.2 Å². The predicted octanol–water partition coefficient (Wildman–Crippen LogP) is 7.53. The third-order valence-electron chi connectivity index (χ3n) is 12.1. The lowest BCUT2D eigenvalue weighted by Gasteiger charge is -2.47. The van der Waals surface area contributed by atoms with Gasteiger partial charge < -0.3 is 14.4 Å². The van der Waals surface area contributed by atoms with E-state index in [0.29, 0.717) is 65.6 Å². The number of hydrogen-bond acceptors (Lipinski definition) is 9. The smallest absolute Gasteiger partial charge is 0.461 e. The van der Waals surface area contributed by atoms with Gasteiger partial charge in [-0.05, 0) is 83.7 Å². The van der Waals surface area contributed by atoms with Crippen molar-refractivity contribution in [2.45, 2.75) is 107 Å². The van der Waals surface area contributed by atoms with E-state index in [1.54, 1.807) is 24.3 Å². The first-order valence-corrected chi connectivity index (χ1v) is 19.1. The molecule has 0 radical (unpaired) electrons. The number of aromatic nitrogens is 3. The molecule has 5 aliphatic rings. The molecule has 4 fully saturated rings. The van der Waals surface area contributed by atoms with E-state index < -0.39 is 35.2 Å². The Balaban J connectivity index is 1.17. The number of piperazine rings is 1. The fraction of sp³-hybridized carbons (Fsp3) is 0.512. The second-order valence-electron chi connectivity index (χ2n) is 16.6. The summed E-state index contributed by atoms with van der Waals surface area (Å²) in [5.41, 5.74) is -0.720. The zero-order chi connectivity index (χ0) is 39.3. The minimum atomic E-state index is -4.77. The SMILES string of the molecule is C#Cc1c(F)ccc2cccc(-c3nc4c5c(nc(OC[C@@]67CCCN6C[C@@H](OC(F)(F)F)C7)nc5c3F)N3C[C@H]5CC[C@@H]([C@H]3CC4)N5C(=O)OC(C)(C)C)c12. The summed E-state index contributed by atoms with van der Waals surface area (Å²) in [6.45, 7) is 6.57. The van der Waals surface area contributed by atoms with Gasteiger partial charge in [0.05, 0.1) is 46.4 Å². The molecule has 7 heterocycles.